The summed E-state index contributed by atoms with van der Waals surface area (Å²) < 4.78 is 5.19. The lowest BCUT2D eigenvalue weighted by Gasteiger charge is -2.16. The fourth-order valence-electron chi connectivity index (χ4n) is 2.54. The molecule has 0 fully saturated rings. The summed E-state index contributed by atoms with van der Waals surface area (Å²) in [7, 11) is 0. The maximum atomic E-state index is 12.5. The van der Waals surface area contributed by atoms with Gasteiger partial charge in [-0.05, 0) is 49.8 Å². The lowest BCUT2D eigenvalue weighted by molar-refractivity contribution is -0.149. The average Bonchev–Trinajstić information content (AvgIpc) is 2.72. The largest absolute Gasteiger partial charge is 0.453 e. The number of carbonyl (C=O) groups is 4. The lowest BCUT2D eigenvalue weighted by Crippen LogP contribution is -2.41. The number of rotatable bonds is 8. The monoisotopic (exact) mass is 408 g/mol. The molecular formula is C23H24N2O5. The summed E-state index contributed by atoms with van der Waals surface area (Å²) in [5.41, 5.74) is 1.75. The summed E-state index contributed by atoms with van der Waals surface area (Å²) >= 11 is 0. The van der Waals surface area contributed by atoms with Crippen molar-refractivity contribution in [1.82, 2.24) is 5.32 Å². The Hall–Kier alpha value is -3.74. The van der Waals surface area contributed by atoms with E-state index in [0.29, 0.717) is 11.3 Å². The van der Waals surface area contributed by atoms with Crippen molar-refractivity contribution in [2.24, 2.45) is 0 Å². The van der Waals surface area contributed by atoms with Gasteiger partial charge in [0.15, 0.2) is 6.10 Å². The van der Waals surface area contributed by atoms with Crippen LogP contribution < -0.4 is 10.6 Å². The van der Waals surface area contributed by atoms with Gasteiger partial charge in [-0.2, -0.15) is 0 Å². The zero-order chi connectivity index (χ0) is 22.1. The maximum Gasteiger partial charge on any atom is 0.329 e. The van der Waals surface area contributed by atoms with Crippen molar-refractivity contribution in [3.8, 4) is 0 Å². The van der Waals surface area contributed by atoms with Gasteiger partial charge in [0.25, 0.3) is 0 Å². The number of ketones is 1. The number of Topliss-reactive ketones (excluding diaryl/α,β-unsaturated/α-hetero) is 1. The molecule has 2 aromatic rings. The number of amides is 2. The zero-order valence-electron chi connectivity index (χ0n) is 17.0. The van der Waals surface area contributed by atoms with E-state index in [2.05, 4.69) is 10.6 Å². The number of anilines is 1. The molecule has 0 saturated heterocycles. The zero-order valence-corrected chi connectivity index (χ0v) is 17.0. The Morgan fingerprint density at radius 1 is 0.933 bits per heavy atom. The van der Waals surface area contributed by atoms with E-state index < -0.39 is 24.0 Å². The van der Waals surface area contributed by atoms with Gasteiger partial charge in [-0.15, -0.1) is 0 Å². The summed E-state index contributed by atoms with van der Waals surface area (Å²) in [6.45, 7) is 4.33. The molecule has 0 unspecified atom stereocenters. The molecule has 2 atom stereocenters. The van der Waals surface area contributed by atoms with Crippen LogP contribution in [0, 0.1) is 0 Å². The van der Waals surface area contributed by atoms with Crippen LogP contribution in [0.2, 0.25) is 0 Å². The summed E-state index contributed by atoms with van der Waals surface area (Å²) in [5, 5.41) is 5.11. The highest BCUT2D eigenvalue weighted by molar-refractivity contribution is 6.01. The molecule has 0 aliphatic rings. The normalized spacial score (nSPS) is 12.6. The van der Waals surface area contributed by atoms with Gasteiger partial charge >= 0.3 is 5.97 Å². The maximum absolute atomic E-state index is 12.5. The molecule has 7 nitrogen and oxygen atoms in total. The van der Waals surface area contributed by atoms with Gasteiger partial charge in [-0.3, -0.25) is 14.4 Å². The second-order valence-electron chi connectivity index (χ2n) is 6.68. The number of ether oxygens (including phenoxy) is 1. The quantitative estimate of drug-likeness (QED) is 0.397. The van der Waals surface area contributed by atoms with Gasteiger partial charge in [-0.25, -0.2) is 4.79 Å². The Kier molecular flexibility index (Phi) is 8.05. The molecular weight excluding hydrogens is 384 g/mol. The summed E-state index contributed by atoms with van der Waals surface area (Å²) in [4.78, 5) is 47.7. The van der Waals surface area contributed by atoms with Crippen molar-refractivity contribution in [3.05, 3.63) is 71.8 Å². The third-order valence-corrected chi connectivity index (χ3v) is 4.09. The highest BCUT2D eigenvalue weighted by Gasteiger charge is 2.23. The van der Waals surface area contributed by atoms with E-state index in [0.717, 1.165) is 5.56 Å². The average molecular weight is 408 g/mol. The third kappa shape index (κ3) is 7.01. The van der Waals surface area contributed by atoms with E-state index in [9.17, 15) is 19.2 Å². The smallest absolute Gasteiger partial charge is 0.329 e. The molecule has 2 N–H and O–H groups in total. The first kappa shape index (κ1) is 22.5. The summed E-state index contributed by atoms with van der Waals surface area (Å²) in [6, 6.07) is 14.6. The van der Waals surface area contributed by atoms with Crippen LogP contribution >= 0.6 is 0 Å². The van der Waals surface area contributed by atoms with E-state index >= 15 is 0 Å². The molecule has 30 heavy (non-hydrogen) atoms. The van der Waals surface area contributed by atoms with Crippen LogP contribution in [0.25, 0.3) is 6.08 Å². The minimum atomic E-state index is -1.02. The van der Waals surface area contributed by atoms with Crippen molar-refractivity contribution in [3.63, 3.8) is 0 Å². The molecule has 0 saturated carbocycles. The van der Waals surface area contributed by atoms with Crippen molar-refractivity contribution in [1.29, 1.82) is 0 Å². The van der Waals surface area contributed by atoms with Crippen LogP contribution in [0.15, 0.2) is 60.7 Å². The fourth-order valence-corrected chi connectivity index (χ4v) is 2.54. The van der Waals surface area contributed by atoms with E-state index in [1.807, 2.05) is 30.3 Å². The van der Waals surface area contributed by atoms with Gasteiger partial charge in [0.1, 0.15) is 6.04 Å². The predicted octanol–water partition coefficient (Wildman–Crippen LogP) is 2.98. The van der Waals surface area contributed by atoms with Gasteiger partial charge in [0.2, 0.25) is 17.6 Å². The number of hydrogen-bond acceptors (Lipinski definition) is 5. The van der Waals surface area contributed by atoms with E-state index in [4.69, 9.17) is 4.74 Å². The van der Waals surface area contributed by atoms with E-state index in [-0.39, 0.29) is 11.7 Å². The first-order valence-electron chi connectivity index (χ1n) is 9.42. The Morgan fingerprint density at radius 3 is 2.17 bits per heavy atom. The molecule has 0 radical (unpaired) electrons. The van der Waals surface area contributed by atoms with E-state index in [1.54, 1.807) is 18.2 Å². The molecule has 2 amide bonds. The Labute approximate surface area is 175 Å². The van der Waals surface area contributed by atoms with Gasteiger partial charge in [0, 0.05) is 24.3 Å². The number of nitrogens with one attached hydrogen (secondary N) is 2. The van der Waals surface area contributed by atoms with Crippen LogP contribution in [-0.2, 0) is 19.1 Å². The highest BCUT2D eigenvalue weighted by Crippen LogP contribution is 2.13. The van der Waals surface area contributed by atoms with Crippen LogP contribution in [-0.4, -0.2) is 35.7 Å². The van der Waals surface area contributed by atoms with Crippen LogP contribution in [0.4, 0.5) is 5.69 Å². The van der Waals surface area contributed by atoms with Crippen molar-refractivity contribution < 1.29 is 23.9 Å². The number of esters is 1. The lowest BCUT2D eigenvalue weighted by atomic mass is 10.1. The molecule has 0 heterocycles. The molecule has 0 aromatic heterocycles. The standard InChI is InChI=1S/C23H24N2O5/c1-15(24-21(27)14-9-18-7-5-4-6-8-18)23(29)30-16(2)22(28)19-10-12-20(13-11-19)25-17(3)26/h4-16H,1-3H3,(H,24,27)(H,25,26)/b14-9+/t15-,16+/m0/s1. The van der Waals surface area contributed by atoms with Gasteiger partial charge in [-0.1, -0.05) is 30.3 Å². The van der Waals surface area contributed by atoms with Crippen molar-refractivity contribution in [2.45, 2.75) is 32.9 Å². The first-order valence-corrected chi connectivity index (χ1v) is 9.42. The minimum Gasteiger partial charge on any atom is -0.453 e. The molecule has 0 aliphatic heterocycles. The van der Waals surface area contributed by atoms with Gasteiger partial charge < -0.3 is 15.4 Å². The van der Waals surface area contributed by atoms with Crippen LogP contribution in [0.1, 0.15) is 36.7 Å². The summed E-state index contributed by atoms with van der Waals surface area (Å²) in [5.74, 6) is -1.77. The van der Waals surface area contributed by atoms with Crippen LogP contribution in [0.3, 0.4) is 0 Å². The third-order valence-electron chi connectivity index (χ3n) is 4.09. The topological polar surface area (TPSA) is 102 Å². The van der Waals surface area contributed by atoms with Crippen molar-refractivity contribution >= 4 is 35.3 Å². The molecule has 156 valence electrons. The fraction of sp³-hybridized carbons (Fsp3) is 0.217. The SMILES string of the molecule is CC(=O)Nc1ccc(C(=O)[C@@H](C)OC(=O)[C@H](C)NC(=O)/C=C/c2ccccc2)cc1. The molecule has 2 aromatic carbocycles. The Morgan fingerprint density at radius 2 is 1.57 bits per heavy atom. The van der Waals surface area contributed by atoms with E-state index in [1.165, 1.54) is 39.0 Å². The molecule has 0 bridgehead atoms. The Balaban J connectivity index is 1.87. The van der Waals surface area contributed by atoms with Crippen molar-refractivity contribution in [2.75, 3.05) is 5.32 Å². The number of carbonyl (C=O) groups excluding carboxylic acids is 4. The molecule has 0 spiro atoms. The first-order chi connectivity index (χ1) is 14.3. The molecule has 2 rings (SSSR count). The molecule has 0 aliphatic carbocycles. The van der Waals surface area contributed by atoms with Crippen LogP contribution in [0.5, 0.6) is 0 Å². The second-order valence-corrected chi connectivity index (χ2v) is 6.68. The predicted molar refractivity (Wildman–Crippen MR) is 114 cm³/mol. The number of hydrogen-bond donors (Lipinski definition) is 2. The minimum absolute atomic E-state index is 0.217. The summed E-state index contributed by atoms with van der Waals surface area (Å²) in [6.07, 6.45) is 1.93. The molecule has 7 heteroatoms. The number of benzene rings is 2. The highest BCUT2D eigenvalue weighted by atomic mass is 16.5. The van der Waals surface area contributed by atoms with Gasteiger partial charge in [0.05, 0.1) is 0 Å². The Bertz CT molecular complexity index is 936. The second kappa shape index (κ2) is 10.7.